The summed E-state index contributed by atoms with van der Waals surface area (Å²) in [7, 11) is 0. The molecule has 8 nitrogen and oxygen atoms in total. The number of para-hydroxylation sites is 1. The smallest absolute Gasteiger partial charge is 0.312 e. The number of hydrogen-bond donors (Lipinski definition) is 1. The van der Waals surface area contributed by atoms with Crippen molar-refractivity contribution in [1.82, 2.24) is 4.90 Å². The number of aliphatic hydroxyl groups excluding tert-OH is 1. The molecule has 0 aliphatic carbocycles. The van der Waals surface area contributed by atoms with Gasteiger partial charge in [-0.05, 0) is 57.6 Å². The summed E-state index contributed by atoms with van der Waals surface area (Å²) in [6, 6.07) is 4.46. The number of carbonyl (C=O) groups is 3. The van der Waals surface area contributed by atoms with Gasteiger partial charge in [0.15, 0.2) is 0 Å². The van der Waals surface area contributed by atoms with Crippen molar-refractivity contribution in [1.29, 1.82) is 0 Å². The van der Waals surface area contributed by atoms with E-state index in [1.165, 1.54) is 0 Å². The largest absolute Gasteiger partial charge is 0.465 e. The zero-order valence-corrected chi connectivity index (χ0v) is 22.9. The zero-order chi connectivity index (χ0) is 27.7. The van der Waals surface area contributed by atoms with Crippen molar-refractivity contribution in [3.8, 4) is 0 Å². The number of fused-ring (bicyclic) bond motifs is 1. The molecule has 0 radical (unpaired) electrons. The highest BCUT2D eigenvalue weighted by Crippen LogP contribution is 2.63. The minimum Gasteiger partial charge on any atom is -0.465 e. The van der Waals surface area contributed by atoms with Gasteiger partial charge in [-0.2, -0.15) is 0 Å². The summed E-state index contributed by atoms with van der Waals surface area (Å²) < 4.78 is 12.2. The van der Waals surface area contributed by atoms with E-state index in [9.17, 15) is 19.5 Å². The number of hydrogen-bond acceptors (Lipinski definition) is 6. The molecule has 3 aliphatic heterocycles. The second-order valence-corrected chi connectivity index (χ2v) is 11.0. The van der Waals surface area contributed by atoms with Gasteiger partial charge in [-0.15, -0.1) is 13.2 Å². The monoisotopic (exact) mass is 544 g/mol. The number of carbonyl (C=O) groups excluding carboxylic acids is 3. The van der Waals surface area contributed by atoms with Crippen LogP contribution in [-0.2, 0) is 23.9 Å². The molecule has 38 heavy (non-hydrogen) atoms. The van der Waals surface area contributed by atoms with Crippen molar-refractivity contribution in [2.24, 2.45) is 11.8 Å². The topological polar surface area (TPSA) is 96.4 Å². The average Bonchev–Trinajstić information content (AvgIpc) is 3.44. The van der Waals surface area contributed by atoms with E-state index in [1.54, 1.807) is 28.0 Å². The predicted octanol–water partition coefficient (Wildman–Crippen LogP) is 3.82. The van der Waals surface area contributed by atoms with Crippen molar-refractivity contribution in [3.05, 3.63) is 54.1 Å². The van der Waals surface area contributed by atoms with Crippen molar-refractivity contribution in [3.63, 3.8) is 0 Å². The van der Waals surface area contributed by atoms with Gasteiger partial charge in [0.25, 0.3) is 5.91 Å². The maximum absolute atomic E-state index is 14.5. The molecule has 2 unspecified atom stereocenters. The van der Waals surface area contributed by atoms with Crippen molar-refractivity contribution < 1.29 is 29.0 Å². The first-order valence-corrected chi connectivity index (χ1v) is 13.6. The Hall–Kier alpha value is -2.68. The van der Waals surface area contributed by atoms with Crippen LogP contribution in [-0.4, -0.2) is 71.3 Å². The first-order valence-electron chi connectivity index (χ1n) is 13.2. The minimum atomic E-state index is -1.17. The molecule has 1 spiro atoms. The van der Waals surface area contributed by atoms with Gasteiger partial charge >= 0.3 is 5.97 Å². The van der Waals surface area contributed by atoms with Crippen LogP contribution in [0.1, 0.15) is 44.6 Å². The van der Waals surface area contributed by atoms with Crippen LogP contribution in [0, 0.1) is 18.8 Å². The number of anilines is 1. The van der Waals surface area contributed by atoms with E-state index in [1.807, 2.05) is 26.0 Å². The number of aryl methyl sites for hydroxylation is 1. The van der Waals surface area contributed by atoms with Gasteiger partial charge < -0.3 is 24.4 Å². The molecular formula is C29H37ClN2O6. The molecule has 3 saturated heterocycles. The van der Waals surface area contributed by atoms with E-state index in [4.69, 9.17) is 21.1 Å². The Labute approximate surface area is 229 Å². The molecule has 1 N–H and O–H groups in total. The summed E-state index contributed by atoms with van der Waals surface area (Å²) in [6.45, 7) is 11.8. The standard InChI is InChI=1S/C29H37ClN2O6/c1-5-7-18-37-27(36)22-21-25(34)32(16-8-9-17-33)24(29(21)14-13-28(22,4)38-29)26(35)31(15-6-2)23-19(3)11-10-12-20(23)30/h5-6,10-12,21-22,24,33H,1-2,7-9,13-18H2,3-4H3/t21-,22-,24?,28+,29?/m0/s1. The zero-order valence-electron chi connectivity index (χ0n) is 22.2. The summed E-state index contributed by atoms with van der Waals surface area (Å²) >= 11 is 6.58. The second kappa shape index (κ2) is 11.2. The highest BCUT2D eigenvalue weighted by atomic mass is 35.5. The normalized spacial score (nSPS) is 29.3. The Morgan fingerprint density at radius 1 is 1.29 bits per heavy atom. The molecule has 3 heterocycles. The lowest BCUT2D eigenvalue weighted by atomic mass is 9.66. The number of rotatable bonds is 12. The van der Waals surface area contributed by atoms with E-state index in [-0.39, 0.29) is 38.1 Å². The Bertz CT molecular complexity index is 1100. The Kier molecular flexibility index (Phi) is 8.35. The summed E-state index contributed by atoms with van der Waals surface area (Å²) in [5.74, 6) is -2.75. The fraction of sp³-hybridized carbons (Fsp3) is 0.552. The molecule has 1 aromatic carbocycles. The number of halogens is 1. The highest BCUT2D eigenvalue weighted by Gasteiger charge is 2.78. The maximum Gasteiger partial charge on any atom is 0.312 e. The van der Waals surface area contributed by atoms with Gasteiger partial charge in [0.2, 0.25) is 5.91 Å². The molecule has 5 atom stereocenters. The lowest BCUT2D eigenvalue weighted by Crippen LogP contribution is -2.56. The fourth-order valence-electron chi connectivity index (χ4n) is 6.56. The molecule has 9 heteroatoms. The lowest BCUT2D eigenvalue weighted by Gasteiger charge is -2.37. The number of aliphatic hydroxyl groups is 1. The number of unbranched alkanes of at least 4 members (excludes halogenated alkanes) is 1. The third-order valence-electron chi connectivity index (χ3n) is 8.17. The molecule has 3 aliphatic rings. The van der Waals surface area contributed by atoms with Crippen LogP contribution in [0.3, 0.4) is 0 Å². The van der Waals surface area contributed by atoms with Crippen molar-refractivity contribution >= 4 is 35.1 Å². The third kappa shape index (κ3) is 4.56. The number of likely N-dealkylation sites (tertiary alicyclic amines) is 1. The SMILES string of the molecule is C=CCCOC(=O)[C@@H]1[C@H]2C(=O)N(CCCCO)C(C(=O)N(CC=C)c3c(C)cccc3Cl)C23CC[C@@]1(C)O3. The van der Waals surface area contributed by atoms with Gasteiger partial charge in [-0.25, -0.2) is 0 Å². The van der Waals surface area contributed by atoms with Gasteiger partial charge in [0.05, 0.1) is 28.8 Å². The van der Waals surface area contributed by atoms with Crippen LogP contribution in [0.15, 0.2) is 43.5 Å². The number of esters is 1. The number of nitrogens with zero attached hydrogens (tertiary/aromatic N) is 2. The molecule has 1 aromatic rings. The fourth-order valence-corrected chi connectivity index (χ4v) is 6.89. The van der Waals surface area contributed by atoms with Gasteiger partial charge in [0, 0.05) is 19.7 Å². The quantitative estimate of drug-likeness (QED) is 0.244. The summed E-state index contributed by atoms with van der Waals surface area (Å²) in [6.07, 6.45) is 5.77. The minimum absolute atomic E-state index is 0.0244. The van der Waals surface area contributed by atoms with Crippen LogP contribution in [0.4, 0.5) is 5.69 Å². The van der Waals surface area contributed by atoms with Gasteiger partial charge in [-0.3, -0.25) is 14.4 Å². The molecule has 206 valence electrons. The number of amides is 2. The van der Waals surface area contributed by atoms with Crippen LogP contribution in [0.5, 0.6) is 0 Å². The van der Waals surface area contributed by atoms with E-state index in [0.29, 0.717) is 42.8 Å². The summed E-state index contributed by atoms with van der Waals surface area (Å²) in [5, 5.41) is 9.78. The summed E-state index contributed by atoms with van der Waals surface area (Å²) in [4.78, 5) is 45.0. The Morgan fingerprint density at radius 2 is 2.05 bits per heavy atom. The molecule has 2 bridgehead atoms. The van der Waals surface area contributed by atoms with E-state index < -0.39 is 35.0 Å². The van der Waals surface area contributed by atoms with E-state index in [0.717, 1.165) is 5.56 Å². The first-order chi connectivity index (χ1) is 18.2. The van der Waals surface area contributed by atoms with Crippen molar-refractivity contribution in [2.75, 3.05) is 31.2 Å². The molecule has 4 rings (SSSR count). The van der Waals surface area contributed by atoms with E-state index >= 15 is 0 Å². The molecule has 0 saturated carbocycles. The molecule has 0 aromatic heterocycles. The highest BCUT2D eigenvalue weighted by molar-refractivity contribution is 6.34. The first kappa shape index (κ1) is 28.3. The number of benzene rings is 1. The van der Waals surface area contributed by atoms with E-state index in [2.05, 4.69) is 13.2 Å². The van der Waals surface area contributed by atoms with Crippen LogP contribution in [0.25, 0.3) is 0 Å². The lowest BCUT2D eigenvalue weighted by molar-refractivity contribution is -0.159. The second-order valence-electron chi connectivity index (χ2n) is 10.6. The molecule has 2 amide bonds. The van der Waals surface area contributed by atoms with Crippen LogP contribution >= 0.6 is 11.6 Å². The molecular weight excluding hydrogens is 508 g/mol. The number of ether oxygens (including phenoxy) is 2. The van der Waals surface area contributed by atoms with Crippen LogP contribution in [0.2, 0.25) is 5.02 Å². The Morgan fingerprint density at radius 3 is 2.71 bits per heavy atom. The summed E-state index contributed by atoms with van der Waals surface area (Å²) in [5.41, 5.74) is -0.713. The van der Waals surface area contributed by atoms with Gasteiger partial charge in [0.1, 0.15) is 17.6 Å². The third-order valence-corrected chi connectivity index (χ3v) is 8.48. The average molecular weight is 545 g/mol. The van der Waals surface area contributed by atoms with Crippen molar-refractivity contribution in [2.45, 2.75) is 63.2 Å². The Balaban J connectivity index is 1.78. The van der Waals surface area contributed by atoms with Gasteiger partial charge in [-0.1, -0.05) is 35.9 Å². The predicted molar refractivity (Wildman–Crippen MR) is 145 cm³/mol. The maximum atomic E-state index is 14.5. The molecule has 3 fully saturated rings. The van der Waals surface area contributed by atoms with Crippen LogP contribution < -0.4 is 4.90 Å².